The first-order chi connectivity index (χ1) is 44.6. The molecule has 2 saturated heterocycles. The van der Waals surface area contributed by atoms with Gasteiger partial charge in [-0.1, -0.05) is 64.1 Å². The fourth-order valence-electron chi connectivity index (χ4n) is 11.1. The van der Waals surface area contributed by atoms with Gasteiger partial charge in [-0.15, -0.1) is 34.0 Å². The fourth-order valence-corrected chi connectivity index (χ4v) is 14.5. The molecule has 2 fully saturated rings. The normalized spacial score (nSPS) is 21.3. The molecule has 2 amide bonds. The number of hydrogen-bond acceptors (Lipinski definition) is 16. The van der Waals surface area contributed by atoms with Crippen LogP contribution in [0.5, 0.6) is 0 Å². The molecule has 13 rings (SSSR count). The Kier molecular flexibility index (Phi) is 23.3. The minimum absolute atomic E-state index is 0.00583. The zero-order chi connectivity index (χ0) is 68.8. The summed E-state index contributed by atoms with van der Waals surface area (Å²) in [5, 5.41) is 15.2. The molecule has 510 valence electrons. The third-order valence-electron chi connectivity index (χ3n) is 17.1. The summed E-state index contributed by atoms with van der Waals surface area (Å²) < 4.78 is 95.5. The number of carbonyl (C=O) groups is 2. The molecule has 5 aliphatic rings. The van der Waals surface area contributed by atoms with Crippen molar-refractivity contribution in [2.24, 2.45) is 28.7 Å². The molecule has 3 unspecified atom stereocenters. The number of ether oxygens (including phenoxy) is 2. The van der Waals surface area contributed by atoms with Crippen molar-refractivity contribution >= 4 is 132 Å². The molecule has 9 heterocycles. The number of aromatic nitrogens is 1. The highest BCUT2D eigenvalue weighted by atomic mass is 32.2. The molecule has 0 bridgehead atoms. The topological polar surface area (TPSA) is 158 Å². The molecule has 1 N–H and O–H groups in total. The van der Waals surface area contributed by atoms with Crippen LogP contribution < -0.4 is 10.8 Å². The summed E-state index contributed by atoms with van der Waals surface area (Å²) in [5.41, 5.74) is -0.358. The van der Waals surface area contributed by atoms with E-state index in [1.54, 1.807) is 55.3 Å². The van der Waals surface area contributed by atoms with Gasteiger partial charge in [0.15, 0.2) is 0 Å². The second kappa shape index (κ2) is 30.3. The number of piperidine rings is 1. The number of rotatable bonds is 6. The van der Waals surface area contributed by atoms with E-state index in [0.29, 0.717) is 18.5 Å². The van der Waals surface area contributed by atoms with E-state index in [1.165, 1.54) is 82.6 Å². The Balaban J connectivity index is 0.000000140. The van der Waals surface area contributed by atoms with E-state index in [-0.39, 0.29) is 43.3 Å². The highest BCUT2D eigenvalue weighted by Gasteiger charge is 2.52. The number of alkyl halides is 3. The predicted octanol–water partition coefficient (Wildman–Crippen LogP) is 19.2. The lowest BCUT2D eigenvalue weighted by Gasteiger charge is -2.34. The third kappa shape index (κ3) is 19.4. The number of aliphatic imine (C=N–C) groups is 1. The Morgan fingerprint density at radius 2 is 1.17 bits per heavy atom. The second-order valence-corrected chi connectivity index (χ2v) is 33.5. The van der Waals surface area contributed by atoms with Gasteiger partial charge in [0.2, 0.25) is 5.88 Å². The molecule has 0 spiro atoms. The van der Waals surface area contributed by atoms with Crippen LogP contribution in [0.2, 0.25) is 0 Å². The number of nitrogens with zero attached hydrogens (tertiary/aromatic N) is 4. The predicted molar refractivity (Wildman–Crippen MR) is 385 cm³/mol. The van der Waals surface area contributed by atoms with Gasteiger partial charge in [-0.3, -0.25) is 9.89 Å². The summed E-state index contributed by atoms with van der Waals surface area (Å²) in [4.78, 5) is 31.9. The summed E-state index contributed by atoms with van der Waals surface area (Å²) in [5.74, 6) is 1.27. The van der Waals surface area contributed by atoms with Crippen molar-refractivity contribution in [3.05, 3.63) is 148 Å². The standard InChI is InChI=1S/C19H23NO2S.C14H17NS.C14H15NS.C13H16BNO2S.C12H18F3NO5S/c1-13-5-7-16(20(12-13)18(21)22-19(2,3)4)14-6-8-17-15(11-14)9-10-23-17;2*1-10-2-4-13(15-9-10)11-3-5-14-12(8-11)6-7-16-14;1-12(2)13(3,4)17-14(16-12)10-5-6-11-9(7-10)8-15-18-11;1-8-5-6-9(21-22(18,19)12(13,14)15)16(7-8)10(17)20-11(2,3)4/h6-11,13H,5,12H2,1-4H3;3,5-8,10,13,15H,2,4,9H2,1H3;3,5-8,10H,2,4,9H2,1H3;5-8H,1-4H3;6,8H,5,7H2,1-4H3/t;10-,13+;;;/m.1.../s1. The zero-order valence-electron chi connectivity index (χ0n) is 56.8. The van der Waals surface area contributed by atoms with Crippen LogP contribution in [-0.2, 0) is 33.1 Å². The van der Waals surface area contributed by atoms with Crippen LogP contribution in [0.3, 0.4) is 0 Å². The molecule has 0 radical (unpaired) electrons. The van der Waals surface area contributed by atoms with Crippen molar-refractivity contribution in [1.82, 2.24) is 19.5 Å². The van der Waals surface area contributed by atoms with Gasteiger partial charge in [-0.05, 0) is 271 Å². The van der Waals surface area contributed by atoms with Crippen LogP contribution in [-0.4, -0.2) is 102 Å². The van der Waals surface area contributed by atoms with Crippen molar-refractivity contribution in [2.75, 3.05) is 26.2 Å². The van der Waals surface area contributed by atoms with Crippen LogP contribution in [0.4, 0.5) is 22.8 Å². The molecule has 0 aliphatic carbocycles. The van der Waals surface area contributed by atoms with Crippen LogP contribution in [0.1, 0.15) is 158 Å². The smallest absolute Gasteiger partial charge is 0.443 e. The molecule has 5 aliphatic heterocycles. The van der Waals surface area contributed by atoms with E-state index in [4.69, 9.17) is 23.8 Å². The Morgan fingerprint density at radius 1 is 0.632 bits per heavy atom. The molecule has 95 heavy (non-hydrogen) atoms. The van der Waals surface area contributed by atoms with Crippen LogP contribution in [0.15, 0.2) is 136 Å². The second-order valence-electron chi connectivity index (χ2n) is 28.3. The van der Waals surface area contributed by atoms with Crippen molar-refractivity contribution in [1.29, 1.82) is 0 Å². The highest BCUT2D eigenvalue weighted by molar-refractivity contribution is 7.87. The summed E-state index contributed by atoms with van der Waals surface area (Å²) >= 11 is 6.87. The Hall–Kier alpha value is -6.18. The number of thiophene rings is 3. The summed E-state index contributed by atoms with van der Waals surface area (Å²) in [6.07, 6.45) is 10.2. The van der Waals surface area contributed by atoms with Crippen molar-refractivity contribution in [2.45, 2.75) is 169 Å². The first-order valence-corrected chi connectivity index (χ1v) is 37.2. The number of nitrogens with one attached hydrogen (secondary N) is 1. The molecule has 5 atom stereocenters. The van der Waals surface area contributed by atoms with E-state index in [9.17, 15) is 31.2 Å². The maximum atomic E-state index is 12.6. The minimum atomic E-state index is -5.84. The quantitative estimate of drug-likeness (QED) is 0.0959. The first-order valence-electron chi connectivity index (χ1n) is 32.4. The lowest BCUT2D eigenvalue weighted by atomic mass is 9.79. The summed E-state index contributed by atoms with van der Waals surface area (Å²) in [6.45, 7) is 30.1. The Morgan fingerprint density at radius 3 is 1.73 bits per heavy atom. The average Bonchev–Trinajstić information content (AvgIpc) is 1.68. The molecule has 14 nitrogen and oxygen atoms in total. The van der Waals surface area contributed by atoms with Gasteiger partial charge in [-0.25, -0.2) is 14.5 Å². The van der Waals surface area contributed by atoms with Crippen LogP contribution in [0.25, 0.3) is 46.0 Å². The molecular weight excluding hydrogens is 1310 g/mol. The molecule has 4 aromatic carbocycles. The van der Waals surface area contributed by atoms with Gasteiger partial charge in [0.05, 0.1) is 21.6 Å². The number of carbonyl (C=O) groups excluding carboxylic acids is 2. The molecule has 0 saturated carbocycles. The number of allylic oxidation sites excluding steroid dienone is 2. The van der Waals surface area contributed by atoms with Crippen molar-refractivity contribution in [3.63, 3.8) is 0 Å². The monoisotopic (exact) mass is 1400 g/mol. The van der Waals surface area contributed by atoms with Crippen molar-refractivity contribution in [3.8, 4) is 0 Å². The largest absolute Gasteiger partial charge is 0.534 e. The molecule has 4 aromatic heterocycles. The lowest BCUT2D eigenvalue weighted by molar-refractivity contribution is -0.0546. The Bertz CT molecular complexity index is 4150. The van der Waals surface area contributed by atoms with Gasteiger partial charge in [0.25, 0.3) is 0 Å². The lowest BCUT2D eigenvalue weighted by Crippen LogP contribution is -2.42. The van der Waals surface area contributed by atoms with Gasteiger partial charge >= 0.3 is 34.9 Å². The highest BCUT2D eigenvalue weighted by Crippen LogP contribution is 2.38. The van der Waals surface area contributed by atoms with Gasteiger partial charge in [0, 0.05) is 57.1 Å². The zero-order valence-corrected chi connectivity index (χ0v) is 60.9. The third-order valence-corrected chi connectivity index (χ3v) is 21.5. The number of amides is 2. The van der Waals surface area contributed by atoms with Crippen molar-refractivity contribution < 1.29 is 54.1 Å². The fraction of sp³-hybridized carbons (Fsp3) is 0.472. The first kappa shape index (κ1) is 73.1. The minimum Gasteiger partial charge on any atom is -0.443 e. The van der Waals surface area contributed by atoms with E-state index in [2.05, 4.69) is 176 Å². The number of halogens is 3. The maximum absolute atomic E-state index is 12.6. The Labute approximate surface area is 574 Å². The molecule has 23 heteroatoms. The molecule has 8 aromatic rings. The molecular formula is C72H89BF3N5O9S5. The maximum Gasteiger partial charge on any atom is 0.534 e. The van der Waals surface area contributed by atoms with Crippen LogP contribution >= 0.6 is 45.5 Å². The van der Waals surface area contributed by atoms with E-state index < -0.39 is 38.8 Å². The number of benzene rings is 4. The van der Waals surface area contributed by atoms with E-state index in [0.717, 1.165) is 70.9 Å². The van der Waals surface area contributed by atoms with Gasteiger partial charge < -0.3 is 28.3 Å². The SMILES string of the molecule is CC1(C)OB(c2ccc3sncc3c2)OC1(C)C.CC1CC=C(OS(=O)(=O)C(F)(F)F)N(C(=O)OC(C)(C)C)C1.CC1CC=C(c2ccc3sccc3c2)N(C(=O)OC(C)(C)C)C1.CC1CCC(c2ccc3sccc3c2)=NC1.C[C@@H]1CC[C@@H](c2ccc3sccc3c2)NC1. The summed E-state index contributed by atoms with van der Waals surface area (Å²) in [7, 11) is -6.14. The van der Waals surface area contributed by atoms with Crippen LogP contribution in [0, 0.1) is 23.7 Å². The van der Waals surface area contributed by atoms with Gasteiger partial charge in [0.1, 0.15) is 11.2 Å². The number of hydrogen-bond donors (Lipinski definition) is 1. The summed E-state index contributed by atoms with van der Waals surface area (Å²) in [6, 6.07) is 33.3. The van der Waals surface area contributed by atoms with E-state index in [1.807, 2.05) is 38.3 Å². The van der Waals surface area contributed by atoms with E-state index >= 15 is 0 Å². The van der Waals surface area contributed by atoms with Gasteiger partial charge in [-0.2, -0.15) is 26.0 Å². The number of fused-ring (bicyclic) bond motifs is 4. The average molecular weight is 1400 g/mol.